The van der Waals surface area contributed by atoms with Crippen LogP contribution in [0.2, 0.25) is 0 Å². The van der Waals surface area contributed by atoms with Crippen molar-refractivity contribution in [3.63, 3.8) is 0 Å². The van der Waals surface area contributed by atoms with Gasteiger partial charge in [-0.3, -0.25) is 4.98 Å². The van der Waals surface area contributed by atoms with E-state index in [4.69, 9.17) is 4.74 Å². The van der Waals surface area contributed by atoms with Crippen LogP contribution < -0.4 is 4.74 Å². The van der Waals surface area contributed by atoms with Crippen molar-refractivity contribution < 1.29 is 13.2 Å². The van der Waals surface area contributed by atoms with Crippen molar-refractivity contribution in [2.75, 3.05) is 13.1 Å². The van der Waals surface area contributed by atoms with E-state index >= 15 is 0 Å². The van der Waals surface area contributed by atoms with Crippen LogP contribution in [0.3, 0.4) is 0 Å². The monoisotopic (exact) mass is 372 g/mol. The van der Waals surface area contributed by atoms with Crippen molar-refractivity contribution in [2.45, 2.75) is 49.5 Å². The first kappa shape index (κ1) is 17.5. The summed E-state index contributed by atoms with van der Waals surface area (Å²) in [5.74, 6) is 0.734. The lowest BCUT2D eigenvalue weighted by atomic mass is 9.92. The van der Waals surface area contributed by atoms with Crippen LogP contribution in [-0.4, -0.2) is 36.9 Å². The molecule has 4 rings (SSSR count). The van der Waals surface area contributed by atoms with E-state index in [-0.39, 0.29) is 6.10 Å². The summed E-state index contributed by atoms with van der Waals surface area (Å²) in [5.41, 5.74) is 2.49. The van der Waals surface area contributed by atoms with E-state index in [0.717, 1.165) is 37.9 Å². The van der Waals surface area contributed by atoms with Crippen LogP contribution in [0, 0.1) is 0 Å². The van der Waals surface area contributed by atoms with Crippen molar-refractivity contribution in [1.82, 2.24) is 9.29 Å². The minimum atomic E-state index is -3.48. The Balaban J connectivity index is 1.52. The van der Waals surface area contributed by atoms with Gasteiger partial charge in [-0.15, -0.1) is 0 Å². The fourth-order valence-corrected chi connectivity index (χ4v) is 5.41. The molecule has 1 aliphatic carbocycles. The third-order valence-electron chi connectivity index (χ3n) is 5.25. The van der Waals surface area contributed by atoms with Gasteiger partial charge in [0.25, 0.3) is 0 Å². The molecule has 138 valence electrons. The molecule has 6 heteroatoms. The minimum Gasteiger partial charge on any atom is -0.489 e. The van der Waals surface area contributed by atoms with Crippen LogP contribution in [-0.2, 0) is 22.9 Å². The third-order valence-corrected chi connectivity index (χ3v) is 7.11. The summed E-state index contributed by atoms with van der Waals surface area (Å²) in [4.78, 5) is 4.40. The number of piperidine rings is 1. The van der Waals surface area contributed by atoms with Crippen molar-refractivity contribution in [3.05, 3.63) is 53.9 Å². The van der Waals surface area contributed by atoms with Gasteiger partial charge in [-0.1, -0.05) is 6.07 Å². The number of fused-ring (bicyclic) bond motifs is 1. The second-order valence-corrected chi connectivity index (χ2v) is 9.00. The molecule has 0 radical (unpaired) electrons. The molecule has 5 nitrogen and oxygen atoms in total. The number of rotatable bonds is 4. The normalized spacial score (nSPS) is 21.2. The average Bonchev–Trinajstić information content (AvgIpc) is 2.68. The lowest BCUT2D eigenvalue weighted by Gasteiger charge is -2.32. The molecule has 2 heterocycles. The van der Waals surface area contributed by atoms with Gasteiger partial charge in [0.1, 0.15) is 11.9 Å². The Morgan fingerprint density at radius 1 is 1.00 bits per heavy atom. The van der Waals surface area contributed by atoms with E-state index in [9.17, 15) is 8.42 Å². The van der Waals surface area contributed by atoms with E-state index in [0.29, 0.717) is 18.0 Å². The van der Waals surface area contributed by atoms with Crippen molar-refractivity contribution in [2.24, 2.45) is 0 Å². The number of benzene rings is 1. The molecule has 2 aliphatic rings. The molecule has 1 fully saturated rings. The van der Waals surface area contributed by atoms with Gasteiger partial charge in [-0.25, -0.2) is 8.42 Å². The second-order valence-electron chi connectivity index (χ2n) is 7.07. The van der Waals surface area contributed by atoms with Crippen LogP contribution in [0.4, 0.5) is 0 Å². The number of aryl methyl sites for hydroxylation is 2. The fourth-order valence-electron chi connectivity index (χ4n) is 3.85. The lowest BCUT2D eigenvalue weighted by molar-refractivity contribution is 0.129. The van der Waals surface area contributed by atoms with Gasteiger partial charge < -0.3 is 4.74 Å². The Hall–Kier alpha value is -1.92. The maximum Gasteiger partial charge on any atom is 0.243 e. The highest BCUT2D eigenvalue weighted by Gasteiger charge is 2.31. The molecule has 0 spiro atoms. The maximum absolute atomic E-state index is 13.1. The molecule has 1 atom stereocenters. The predicted molar refractivity (Wildman–Crippen MR) is 99.7 cm³/mol. The number of hydrogen-bond donors (Lipinski definition) is 0. The van der Waals surface area contributed by atoms with Crippen molar-refractivity contribution >= 4 is 10.0 Å². The SMILES string of the molecule is O=S(=O)(c1ccc2c(c1)CCCC2)N1CCC[C@@H](Oc2ccncc2)C1. The molecule has 0 bridgehead atoms. The summed E-state index contributed by atoms with van der Waals surface area (Å²) >= 11 is 0. The molecule has 26 heavy (non-hydrogen) atoms. The Kier molecular flexibility index (Phi) is 4.96. The molecular weight excluding hydrogens is 348 g/mol. The Morgan fingerprint density at radius 2 is 1.77 bits per heavy atom. The van der Waals surface area contributed by atoms with Gasteiger partial charge in [0.2, 0.25) is 10.0 Å². The number of nitrogens with zero attached hydrogens (tertiary/aromatic N) is 2. The average molecular weight is 372 g/mol. The fraction of sp³-hybridized carbons (Fsp3) is 0.450. The number of hydrogen-bond acceptors (Lipinski definition) is 4. The molecule has 0 amide bonds. The zero-order valence-electron chi connectivity index (χ0n) is 14.8. The first-order chi connectivity index (χ1) is 12.6. The Labute approximate surface area is 155 Å². The quantitative estimate of drug-likeness (QED) is 0.827. The summed E-state index contributed by atoms with van der Waals surface area (Å²) in [5, 5.41) is 0. The van der Waals surface area contributed by atoms with Crippen LogP contribution >= 0.6 is 0 Å². The van der Waals surface area contributed by atoms with Crippen LogP contribution in [0.5, 0.6) is 5.75 Å². The van der Waals surface area contributed by atoms with Crippen LogP contribution in [0.1, 0.15) is 36.8 Å². The highest BCUT2D eigenvalue weighted by Crippen LogP contribution is 2.28. The number of aromatic nitrogens is 1. The molecule has 1 aliphatic heterocycles. The summed E-state index contributed by atoms with van der Waals surface area (Å²) in [6.45, 7) is 0.942. The molecule has 2 aromatic rings. The summed E-state index contributed by atoms with van der Waals surface area (Å²) in [7, 11) is -3.48. The van der Waals surface area contributed by atoms with E-state index in [1.54, 1.807) is 34.9 Å². The molecule has 0 N–H and O–H groups in total. The minimum absolute atomic E-state index is 0.126. The van der Waals surface area contributed by atoms with E-state index < -0.39 is 10.0 Å². The van der Waals surface area contributed by atoms with Gasteiger partial charge in [-0.05, 0) is 73.9 Å². The van der Waals surface area contributed by atoms with Gasteiger partial charge in [-0.2, -0.15) is 4.31 Å². The first-order valence-electron chi connectivity index (χ1n) is 9.31. The van der Waals surface area contributed by atoms with E-state index in [2.05, 4.69) is 4.98 Å². The second kappa shape index (κ2) is 7.37. The van der Waals surface area contributed by atoms with Gasteiger partial charge in [0.15, 0.2) is 0 Å². The van der Waals surface area contributed by atoms with Crippen LogP contribution in [0.25, 0.3) is 0 Å². The lowest BCUT2D eigenvalue weighted by Crippen LogP contribution is -2.44. The summed E-state index contributed by atoms with van der Waals surface area (Å²) in [6.07, 6.45) is 9.27. The largest absolute Gasteiger partial charge is 0.489 e. The smallest absolute Gasteiger partial charge is 0.243 e. The predicted octanol–water partition coefficient (Wildman–Crippen LogP) is 3.19. The standard InChI is InChI=1S/C20H24N2O3S/c23-26(24,20-8-7-16-4-1-2-5-17(16)14-20)22-13-3-6-19(15-22)25-18-9-11-21-12-10-18/h7-12,14,19H,1-6,13,15H2/t19-/m1/s1. The highest BCUT2D eigenvalue weighted by molar-refractivity contribution is 7.89. The zero-order valence-corrected chi connectivity index (χ0v) is 15.6. The first-order valence-corrected chi connectivity index (χ1v) is 10.8. The van der Waals surface area contributed by atoms with Gasteiger partial charge in [0.05, 0.1) is 11.4 Å². The molecule has 1 saturated heterocycles. The highest BCUT2D eigenvalue weighted by atomic mass is 32.2. The van der Waals surface area contributed by atoms with Gasteiger partial charge in [0, 0.05) is 18.9 Å². The van der Waals surface area contributed by atoms with Crippen LogP contribution in [0.15, 0.2) is 47.6 Å². The summed E-state index contributed by atoms with van der Waals surface area (Å²) in [6, 6.07) is 9.26. The van der Waals surface area contributed by atoms with E-state index in [1.165, 1.54) is 17.5 Å². The zero-order chi connectivity index (χ0) is 18.0. The van der Waals surface area contributed by atoms with E-state index in [1.807, 2.05) is 12.1 Å². The molecule has 1 aromatic carbocycles. The number of ether oxygens (including phenoxy) is 1. The summed E-state index contributed by atoms with van der Waals surface area (Å²) < 4.78 is 33.8. The van der Waals surface area contributed by atoms with Crippen molar-refractivity contribution in [1.29, 1.82) is 0 Å². The number of sulfonamides is 1. The van der Waals surface area contributed by atoms with Crippen molar-refractivity contribution in [3.8, 4) is 5.75 Å². The molecule has 0 saturated carbocycles. The Bertz CT molecular complexity index is 868. The molecular formula is C20H24N2O3S. The number of pyridine rings is 1. The Morgan fingerprint density at radius 3 is 2.58 bits per heavy atom. The third kappa shape index (κ3) is 3.62. The topological polar surface area (TPSA) is 59.5 Å². The van der Waals surface area contributed by atoms with Gasteiger partial charge >= 0.3 is 0 Å². The molecule has 1 aromatic heterocycles. The maximum atomic E-state index is 13.1. The molecule has 0 unspecified atom stereocenters.